The SMILES string of the molecule is Cc1cccc(-c2nc(C(C)(C)N)cn2-c2ccc3ncc(C#N)n3c2)n1. The van der Waals surface area contributed by atoms with Crippen LogP contribution in [0.1, 0.15) is 30.9 Å². The van der Waals surface area contributed by atoms with Gasteiger partial charge < -0.3 is 5.73 Å². The van der Waals surface area contributed by atoms with Gasteiger partial charge in [0.2, 0.25) is 0 Å². The summed E-state index contributed by atoms with van der Waals surface area (Å²) in [4.78, 5) is 13.6. The molecule has 4 rings (SSSR count). The molecule has 0 fully saturated rings. The second kappa shape index (κ2) is 6.04. The number of nitrogens with two attached hydrogens (primary N) is 1. The van der Waals surface area contributed by atoms with E-state index in [1.807, 2.05) is 68.1 Å². The van der Waals surface area contributed by atoms with Gasteiger partial charge in [0.25, 0.3) is 0 Å². The average molecular weight is 357 g/mol. The molecule has 7 heteroatoms. The van der Waals surface area contributed by atoms with E-state index in [0.29, 0.717) is 17.2 Å². The Kier molecular flexibility index (Phi) is 3.79. The molecule has 2 N–H and O–H groups in total. The van der Waals surface area contributed by atoms with Crippen LogP contribution in [0.15, 0.2) is 48.9 Å². The second-order valence-electron chi connectivity index (χ2n) is 7.08. The number of aryl methyl sites for hydroxylation is 1. The van der Waals surface area contributed by atoms with Crippen molar-refractivity contribution in [3.63, 3.8) is 0 Å². The molecule has 0 aliphatic rings. The van der Waals surface area contributed by atoms with Gasteiger partial charge in [-0.2, -0.15) is 5.26 Å². The Hall–Kier alpha value is -3.50. The van der Waals surface area contributed by atoms with Gasteiger partial charge in [-0.3, -0.25) is 8.97 Å². The minimum atomic E-state index is -0.596. The van der Waals surface area contributed by atoms with Gasteiger partial charge in [-0.25, -0.2) is 15.0 Å². The number of aromatic nitrogens is 5. The molecule has 7 nitrogen and oxygen atoms in total. The highest BCUT2D eigenvalue weighted by atomic mass is 15.1. The van der Waals surface area contributed by atoms with E-state index in [2.05, 4.69) is 16.0 Å². The lowest BCUT2D eigenvalue weighted by Crippen LogP contribution is -2.29. The topological polar surface area (TPSA) is 97.8 Å². The third-order valence-corrected chi connectivity index (χ3v) is 4.37. The molecule has 0 aliphatic heterocycles. The average Bonchev–Trinajstić information content (AvgIpc) is 3.25. The highest BCUT2D eigenvalue weighted by Crippen LogP contribution is 2.26. The van der Waals surface area contributed by atoms with Crippen LogP contribution in [0.25, 0.3) is 22.9 Å². The number of imidazole rings is 2. The van der Waals surface area contributed by atoms with Crippen molar-refractivity contribution in [2.75, 3.05) is 0 Å². The minimum Gasteiger partial charge on any atom is -0.321 e. The fourth-order valence-electron chi connectivity index (χ4n) is 2.93. The monoisotopic (exact) mass is 357 g/mol. The van der Waals surface area contributed by atoms with Gasteiger partial charge in [0, 0.05) is 18.1 Å². The van der Waals surface area contributed by atoms with E-state index < -0.39 is 5.54 Å². The Bertz CT molecular complexity index is 1190. The first-order valence-corrected chi connectivity index (χ1v) is 8.57. The number of nitriles is 1. The molecule has 0 saturated heterocycles. The van der Waals surface area contributed by atoms with Crippen molar-refractivity contribution < 1.29 is 0 Å². The molecular formula is C20H19N7. The van der Waals surface area contributed by atoms with E-state index in [9.17, 15) is 5.26 Å². The van der Waals surface area contributed by atoms with Crippen LogP contribution in [0, 0.1) is 18.3 Å². The quantitative estimate of drug-likeness (QED) is 0.608. The largest absolute Gasteiger partial charge is 0.321 e. The van der Waals surface area contributed by atoms with Crippen LogP contribution in [-0.2, 0) is 5.54 Å². The van der Waals surface area contributed by atoms with Crippen molar-refractivity contribution >= 4 is 5.65 Å². The van der Waals surface area contributed by atoms with Crippen molar-refractivity contribution in [2.24, 2.45) is 5.73 Å². The molecule has 4 heterocycles. The summed E-state index contributed by atoms with van der Waals surface area (Å²) in [6.45, 7) is 5.78. The lowest BCUT2D eigenvalue weighted by molar-refractivity contribution is 0.538. The van der Waals surface area contributed by atoms with E-state index in [1.54, 1.807) is 10.6 Å². The third kappa shape index (κ3) is 2.96. The van der Waals surface area contributed by atoms with Crippen LogP contribution in [0.2, 0.25) is 0 Å². The molecule has 27 heavy (non-hydrogen) atoms. The maximum Gasteiger partial charge on any atom is 0.163 e. The predicted molar refractivity (Wildman–Crippen MR) is 102 cm³/mol. The van der Waals surface area contributed by atoms with Crippen molar-refractivity contribution in [3.05, 3.63) is 66.0 Å². The van der Waals surface area contributed by atoms with E-state index in [4.69, 9.17) is 10.7 Å². The van der Waals surface area contributed by atoms with E-state index >= 15 is 0 Å². The Morgan fingerprint density at radius 1 is 1.11 bits per heavy atom. The number of hydrogen-bond donors (Lipinski definition) is 1. The molecule has 4 aromatic rings. The zero-order valence-corrected chi connectivity index (χ0v) is 15.4. The minimum absolute atomic E-state index is 0.474. The zero-order valence-electron chi connectivity index (χ0n) is 15.4. The summed E-state index contributed by atoms with van der Waals surface area (Å²) in [5, 5.41) is 9.30. The Labute approximate surface area is 156 Å². The molecule has 0 radical (unpaired) electrons. The Morgan fingerprint density at radius 3 is 2.63 bits per heavy atom. The van der Waals surface area contributed by atoms with E-state index in [1.165, 1.54) is 0 Å². The van der Waals surface area contributed by atoms with Gasteiger partial charge in [-0.05, 0) is 45.0 Å². The van der Waals surface area contributed by atoms with Gasteiger partial charge in [-0.15, -0.1) is 0 Å². The Balaban J connectivity index is 1.96. The number of fused-ring (bicyclic) bond motifs is 1. The standard InChI is InChI=1S/C20H19N7/c1-13-5-4-6-16(24-13)19-25-17(20(2,3)22)12-27(19)14-7-8-18-23-10-15(9-21)26(18)11-14/h4-8,10-12H,22H2,1-3H3. The Morgan fingerprint density at radius 2 is 1.93 bits per heavy atom. The molecular weight excluding hydrogens is 338 g/mol. The highest BCUT2D eigenvalue weighted by molar-refractivity contribution is 5.57. The summed E-state index contributed by atoms with van der Waals surface area (Å²) in [5.74, 6) is 0.699. The molecule has 0 bridgehead atoms. The van der Waals surface area contributed by atoms with Crippen LogP contribution >= 0.6 is 0 Å². The second-order valence-corrected chi connectivity index (χ2v) is 7.08. The molecule has 0 atom stereocenters. The molecule has 0 aromatic carbocycles. The van der Waals surface area contributed by atoms with E-state index in [-0.39, 0.29) is 0 Å². The molecule has 0 amide bonds. The predicted octanol–water partition coefficient (Wildman–Crippen LogP) is 2.96. The lowest BCUT2D eigenvalue weighted by atomic mass is 10.0. The summed E-state index contributed by atoms with van der Waals surface area (Å²) in [6, 6.07) is 11.8. The van der Waals surface area contributed by atoms with E-state index in [0.717, 1.165) is 22.8 Å². The first kappa shape index (κ1) is 16.9. The smallest absolute Gasteiger partial charge is 0.163 e. The van der Waals surface area contributed by atoms with Crippen LogP contribution in [-0.4, -0.2) is 23.9 Å². The van der Waals surface area contributed by atoms with Crippen LogP contribution in [0.5, 0.6) is 0 Å². The molecule has 134 valence electrons. The summed E-state index contributed by atoms with van der Waals surface area (Å²) in [5.41, 5.74) is 10.2. The van der Waals surface area contributed by atoms with Crippen LogP contribution in [0.4, 0.5) is 0 Å². The van der Waals surface area contributed by atoms with Gasteiger partial charge in [0.15, 0.2) is 5.82 Å². The maximum absolute atomic E-state index is 9.30. The number of pyridine rings is 2. The lowest BCUT2D eigenvalue weighted by Gasteiger charge is -2.14. The fraction of sp³-hybridized carbons (Fsp3) is 0.200. The van der Waals surface area contributed by atoms with Crippen molar-refractivity contribution in [2.45, 2.75) is 26.3 Å². The van der Waals surface area contributed by atoms with Crippen molar-refractivity contribution in [3.8, 4) is 23.3 Å². The van der Waals surface area contributed by atoms with Crippen molar-refractivity contribution in [1.82, 2.24) is 23.9 Å². The summed E-state index contributed by atoms with van der Waals surface area (Å²) >= 11 is 0. The van der Waals surface area contributed by atoms with Gasteiger partial charge >= 0.3 is 0 Å². The molecule has 0 saturated carbocycles. The van der Waals surface area contributed by atoms with Gasteiger partial charge in [0.05, 0.1) is 23.1 Å². The summed E-state index contributed by atoms with van der Waals surface area (Å²) < 4.78 is 3.71. The highest BCUT2D eigenvalue weighted by Gasteiger charge is 2.22. The molecule has 0 unspecified atom stereocenters. The molecule has 4 aromatic heterocycles. The maximum atomic E-state index is 9.30. The van der Waals surface area contributed by atoms with Gasteiger partial charge in [-0.1, -0.05) is 6.07 Å². The summed E-state index contributed by atoms with van der Waals surface area (Å²) in [7, 11) is 0. The van der Waals surface area contributed by atoms with Crippen LogP contribution < -0.4 is 5.73 Å². The normalized spacial score (nSPS) is 11.7. The third-order valence-electron chi connectivity index (χ3n) is 4.37. The number of nitrogens with zero attached hydrogens (tertiary/aromatic N) is 6. The fourth-order valence-corrected chi connectivity index (χ4v) is 2.93. The number of rotatable bonds is 3. The van der Waals surface area contributed by atoms with Gasteiger partial charge in [0.1, 0.15) is 23.1 Å². The van der Waals surface area contributed by atoms with Crippen LogP contribution in [0.3, 0.4) is 0 Å². The van der Waals surface area contributed by atoms with Crippen molar-refractivity contribution in [1.29, 1.82) is 5.26 Å². The molecule has 0 aliphatic carbocycles. The summed E-state index contributed by atoms with van der Waals surface area (Å²) in [6.07, 6.45) is 5.35. The first-order chi connectivity index (χ1) is 12.9. The molecule has 0 spiro atoms. The zero-order chi connectivity index (χ0) is 19.2. The number of hydrogen-bond acceptors (Lipinski definition) is 5. The first-order valence-electron chi connectivity index (χ1n) is 8.57.